The van der Waals surface area contributed by atoms with Gasteiger partial charge in [-0.15, -0.1) is 0 Å². The lowest BCUT2D eigenvalue weighted by molar-refractivity contribution is -0.120. The van der Waals surface area contributed by atoms with E-state index in [4.69, 9.17) is 11.6 Å². The molecule has 1 aromatic heterocycles. The molecule has 2 aliphatic heterocycles. The Morgan fingerprint density at radius 1 is 1.46 bits per heavy atom. The van der Waals surface area contributed by atoms with Gasteiger partial charge in [-0.25, -0.2) is 9.18 Å². The van der Waals surface area contributed by atoms with Crippen LogP contribution in [0.1, 0.15) is 0 Å². The number of hydrogen-bond donors (Lipinski definition) is 1. The molecule has 2 aliphatic rings. The Kier molecular flexibility index (Phi) is 3.96. The lowest BCUT2D eigenvalue weighted by atomic mass is 10.0. The molecule has 1 N–H and O–H groups in total. The molecule has 0 saturated carbocycles. The Hall–Kier alpha value is -2.13. The normalized spacial score (nSPS) is 19.6. The van der Waals surface area contributed by atoms with Crippen LogP contribution in [0.2, 0.25) is 5.02 Å². The van der Waals surface area contributed by atoms with Gasteiger partial charge in [0, 0.05) is 24.6 Å². The number of hydrogen-bond acceptors (Lipinski definition) is 4. The molecule has 7 nitrogen and oxygen atoms in total. The number of carbonyl (C=O) groups excluding carboxylic acids is 1. The molecule has 0 aliphatic carbocycles. The summed E-state index contributed by atoms with van der Waals surface area (Å²) in [7, 11) is 1.57. The molecular weight excluding hydrogens is 431 g/mol. The summed E-state index contributed by atoms with van der Waals surface area (Å²) in [6.45, 7) is 0.515. The molecule has 0 spiro atoms. The maximum atomic E-state index is 15.0. The number of piperazine rings is 1. The minimum absolute atomic E-state index is 0.0215. The van der Waals surface area contributed by atoms with Gasteiger partial charge in [0.05, 0.1) is 40.0 Å². The van der Waals surface area contributed by atoms with Crippen LogP contribution in [0.15, 0.2) is 16.7 Å². The van der Waals surface area contributed by atoms with Crippen LogP contribution in [-0.4, -0.2) is 59.7 Å². The summed E-state index contributed by atoms with van der Waals surface area (Å²) >= 11 is 9.28. The minimum Gasteiger partial charge on any atom is -0.465 e. The van der Waals surface area contributed by atoms with Gasteiger partial charge in [-0.3, -0.25) is 9.78 Å². The molecule has 26 heavy (non-hydrogen) atoms. The van der Waals surface area contributed by atoms with Crippen molar-refractivity contribution >= 4 is 61.8 Å². The van der Waals surface area contributed by atoms with Crippen molar-refractivity contribution in [1.82, 2.24) is 9.88 Å². The topological polar surface area (TPSA) is 77.0 Å². The van der Waals surface area contributed by atoms with Crippen molar-refractivity contribution in [1.29, 1.82) is 0 Å². The Bertz CT molecular complexity index is 972. The molecular formula is C16H13BrClFN4O3. The lowest BCUT2D eigenvalue weighted by Crippen LogP contribution is -2.62. The molecule has 0 unspecified atom stereocenters. The summed E-state index contributed by atoms with van der Waals surface area (Å²) in [6, 6.07) is 0.907. The summed E-state index contributed by atoms with van der Waals surface area (Å²) in [5.41, 5.74) is 1.39. The summed E-state index contributed by atoms with van der Waals surface area (Å²) in [5, 5.41) is 9.41. The highest BCUT2D eigenvalue weighted by atomic mass is 79.9. The van der Waals surface area contributed by atoms with Gasteiger partial charge in [0.1, 0.15) is 6.04 Å². The number of nitrogens with zero attached hydrogens (tertiary/aromatic N) is 4. The molecule has 2 amide bonds. The molecule has 1 fully saturated rings. The number of halogens is 3. The zero-order valence-electron chi connectivity index (χ0n) is 13.5. The third-order valence-corrected chi connectivity index (χ3v) is 6.09. The van der Waals surface area contributed by atoms with Crippen molar-refractivity contribution in [2.45, 2.75) is 6.04 Å². The van der Waals surface area contributed by atoms with E-state index in [1.54, 1.807) is 18.0 Å². The highest BCUT2D eigenvalue weighted by Crippen LogP contribution is 2.44. The molecule has 0 radical (unpaired) electrons. The van der Waals surface area contributed by atoms with Crippen molar-refractivity contribution < 1.29 is 19.1 Å². The Balaban J connectivity index is 1.96. The van der Waals surface area contributed by atoms with Crippen molar-refractivity contribution in [3.05, 3.63) is 27.6 Å². The quantitative estimate of drug-likeness (QED) is 0.634. The molecule has 1 saturated heterocycles. The number of amides is 2. The molecule has 3 heterocycles. The Labute approximate surface area is 161 Å². The number of aromatic nitrogens is 1. The van der Waals surface area contributed by atoms with E-state index in [9.17, 15) is 19.1 Å². The van der Waals surface area contributed by atoms with Crippen LogP contribution >= 0.6 is 27.5 Å². The predicted molar refractivity (Wildman–Crippen MR) is 98.6 cm³/mol. The molecule has 2 aromatic rings. The second kappa shape index (κ2) is 5.95. The van der Waals surface area contributed by atoms with Crippen LogP contribution < -0.4 is 9.80 Å². The number of benzene rings is 1. The van der Waals surface area contributed by atoms with E-state index >= 15 is 0 Å². The van der Waals surface area contributed by atoms with Crippen LogP contribution in [0.3, 0.4) is 0 Å². The van der Waals surface area contributed by atoms with Gasteiger partial charge < -0.3 is 19.8 Å². The molecule has 0 bridgehead atoms. The van der Waals surface area contributed by atoms with Crippen LogP contribution in [-0.2, 0) is 4.79 Å². The highest BCUT2D eigenvalue weighted by Gasteiger charge is 2.42. The van der Waals surface area contributed by atoms with Crippen molar-refractivity contribution in [2.24, 2.45) is 0 Å². The maximum absolute atomic E-state index is 15.0. The summed E-state index contributed by atoms with van der Waals surface area (Å²) in [6.07, 6.45) is 0.443. The third-order valence-electron chi connectivity index (χ3n) is 4.86. The van der Waals surface area contributed by atoms with E-state index in [-0.39, 0.29) is 36.0 Å². The van der Waals surface area contributed by atoms with E-state index in [1.807, 2.05) is 0 Å². The second-order valence-corrected chi connectivity index (χ2v) is 7.44. The predicted octanol–water partition coefficient (Wildman–Crippen LogP) is 2.93. The fraction of sp³-hybridized carbons (Fsp3) is 0.312. The number of fused-ring (bicyclic) bond motifs is 5. The summed E-state index contributed by atoms with van der Waals surface area (Å²) in [4.78, 5) is 32.7. The average molecular weight is 444 g/mol. The summed E-state index contributed by atoms with van der Waals surface area (Å²) < 4.78 is 15.4. The zero-order chi connectivity index (χ0) is 18.7. The highest BCUT2D eigenvalue weighted by molar-refractivity contribution is 9.10. The molecule has 10 heteroatoms. The van der Waals surface area contributed by atoms with E-state index in [1.165, 1.54) is 16.0 Å². The van der Waals surface area contributed by atoms with Gasteiger partial charge >= 0.3 is 6.09 Å². The van der Waals surface area contributed by atoms with Crippen molar-refractivity contribution in [3.8, 4) is 0 Å². The first kappa shape index (κ1) is 17.3. The third kappa shape index (κ3) is 2.34. The van der Waals surface area contributed by atoms with E-state index in [2.05, 4.69) is 20.9 Å². The van der Waals surface area contributed by atoms with Crippen LogP contribution in [0.4, 0.5) is 20.6 Å². The first-order chi connectivity index (χ1) is 12.3. The fourth-order valence-corrected chi connectivity index (χ4v) is 4.08. The molecule has 1 atom stereocenters. The number of carbonyl (C=O) groups is 2. The van der Waals surface area contributed by atoms with Crippen LogP contribution in [0.5, 0.6) is 0 Å². The van der Waals surface area contributed by atoms with Gasteiger partial charge in [0.25, 0.3) is 5.91 Å². The Morgan fingerprint density at radius 3 is 2.88 bits per heavy atom. The number of anilines is 2. The van der Waals surface area contributed by atoms with Crippen LogP contribution in [0, 0.1) is 5.82 Å². The van der Waals surface area contributed by atoms with Crippen molar-refractivity contribution in [2.75, 3.05) is 36.5 Å². The maximum Gasteiger partial charge on any atom is 0.407 e. The van der Waals surface area contributed by atoms with Gasteiger partial charge in [-0.2, -0.15) is 0 Å². The summed E-state index contributed by atoms with van der Waals surface area (Å²) in [5.74, 6) is -0.879. The smallest absolute Gasteiger partial charge is 0.407 e. The monoisotopic (exact) mass is 442 g/mol. The second-order valence-electron chi connectivity index (χ2n) is 6.21. The first-order valence-electron chi connectivity index (χ1n) is 7.79. The largest absolute Gasteiger partial charge is 0.465 e. The van der Waals surface area contributed by atoms with Gasteiger partial charge in [-0.05, 0) is 22.0 Å². The number of likely N-dealkylation sites (N-methyl/N-ethyl adjacent to an activating group) is 1. The average Bonchev–Trinajstić information content (AvgIpc) is 2.63. The fourth-order valence-electron chi connectivity index (χ4n) is 3.54. The van der Waals surface area contributed by atoms with Gasteiger partial charge in [0.2, 0.25) is 0 Å². The van der Waals surface area contributed by atoms with Gasteiger partial charge in [0.15, 0.2) is 5.82 Å². The van der Waals surface area contributed by atoms with Crippen LogP contribution in [0.25, 0.3) is 10.9 Å². The molecule has 136 valence electrons. The van der Waals surface area contributed by atoms with Crippen molar-refractivity contribution in [3.63, 3.8) is 0 Å². The minimum atomic E-state index is -1.08. The van der Waals surface area contributed by atoms with E-state index in [0.717, 1.165) is 0 Å². The Morgan fingerprint density at radius 2 is 2.19 bits per heavy atom. The SMILES string of the molecule is CN1C(=O)[C@H]2CN(C(=O)O)CCN2c2c1cnc1cc(Br)c(Cl)c(F)c21. The van der Waals surface area contributed by atoms with Gasteiger partial charge in [-0.1, -0.05) is 11.6 Å². The zero-order valence-corrected chi connectivity index (χ0v) is 15.9. The van der Waals surface area contributed by atoms with E-state index < -0.39 is 18.0 Å². The first-order valence-corrected chi connectivity index (χ1v) is 8.96. The molecule has 4 rings (SSSR count). The number of carboxylic acid groups (broad SMARTS) is 1. The van der Waals surface area contributed by atoms with E-state index in [0.29, 0.717) is 21.4 Å². The molecule has 1 aromatic carbocycles. The number of rotatable bonds is 0. The standard InChI is InChI=1S/C16H13BrClFN4O3/c1-21-9-5-20-8-4-7(17)12(18)13(19)11(8)14(9)23-3-2-22(16(25)26)6-10(23)15(21)24/h4-5,10H,2-3,6H2,1H3,(H,25,26)/t10-/m1/s1. The number of pyridine rings is 1. The lowest BCUT2D eigenvalue weighted by Gasteiger charge is -2.46.